The molecule has 0 radical (unpaired) electrons. The zero-order valence-corrected chi connectivity index (χ0v) is 18.6. The average molecular weight is 459 g/mol. The maximum Gasteiger partial charge on any atom is 0.347 e. The van der Waals surface area contributed by atoms with E-state index >= 15 is 0 Å². The van der Waals surface area contributed by atoms with E-state index < -0.39 is 18.0 Å². The van der Waals surface area contributed by atoms with Crippen molar-refractivity contribution in [2.75, 3.05) is 19.0 Å². The van der Waals surface area contributed by atoms with E-state index in [1.807, 2.05) is 0 Å². The Balaban J connectivity index is 1.83. The molecular weight excluding hydrogens is 436 g/mol. The molecule has 0 fully saturated rings. The summed E-state index contributed by atoms with van der Waals surface area (Å²) in [5, 5.41) is 4.03. The highest BCUT2D eigenvalue weighted by atomic mass is 35.5. The quantitative estimate of drug-likeness (QED) is 0.518. The van der Waals surface area contributed by atoms with Crippen LogP contribution in [0.5, 0.6) is 11.5 Å². The lowest BCUT2D eigenvalue weighted by Gasteiger charge is -2.16. The van der Waals surface area contributed by atoms with E-state index in [0.29, 0.717) is 33.0 Å². The van der Waals surface area contributed by atoms with Gasteiger partial charge in [0, 0.05) is 16.6 Å². The molecule has 32 heavy (non-hydrogen) atoms. The van der Waals surface area contributed by atoms with Crippen LogP contribution in [0.25, 0.3) is 10.8 Å². The van der Waals surface area contributed by atoms with Gasteiger partial charge >= 0.3 is 5.97 Å². The van der Waals surface area contributed by atoms with E-state index in [0.717, 1.165) is 0 Å². The molecule has 9 heteroatoms. The van der Waals surface area contributed by atoms with Crippen molar-refractivity contribution in [2.45, 2.75) is 26.5 Å². The molecule has 3 aromatic rings. The molecule has 0 aliphatic rings. The molecule has 168 valence electrons. The number of hydrogen-bond donors (Lipinski definition) is 1. The van der Waals surface area contributed by atoms with Crippen molar-refractivity contribution in [3.8, 4) is 11.5 Å². The Morgan fingerprint density at radius 1 is 1.12 bits per heavy atom. The van der Waals surface area contributed by atoms with Crippen molar-refractivity contribution in [1.29, 1.82) is 0 Å². The Morgan fingerprint density at radius 2 is 1.91 bits per heavy atom. The Bertz CT molecular complexity index is 1210. The summed E-state index contributed by atoms with van der Waals surface area (Å²) in [7, 11) is 1.48. The van der Waals surface area contributed by atoms with Gasteiger partial charge in [0.05, 0.1) is 24.8 Å². The first kappa shape index (κ1) is 23.1. The standard InChI is InChI=1S/C23H23ClN2O6/c1-4-31-23(29)14(2)32-19-7-5-6-17-16(19)10-11-26(22(17)28)13-21(27)25-18-12-15(24)8-9-20(18)30-3/h5-12,14H,4,13H2,1-3H3,(H,25,27)/t14-/m0/s1. The summed E-state index contributed by atoms with van der Waals surface area (Å²) in [4.78, 5) is 37.4. The number of hydrogen-bond acceptors (Lipinski definition) is 6. The molecule has 0 spiro atoms. The minimum absolute atomic E-state index is 0.214. The van der Waals surface area contributed by atoms with E-state index in [1.165, 1.54) is 17.9 Å². The van der Waals surface area contributed by atoms with E-state index in [4.69, 9.17) is 25.8 Å². The molecule has 0 aliphatic carbocycles. The maximum absolute atomic E-state index is 13.0. The Morgan fingerprint density at radius 3 is 2.62 bits per heavy atom. The number of benzene rings is 2. The largest absolute Gasteiger partial charge is 0.495 e. The molecule has 1 heterocycles. The van der Waals surface area contributed by atoms with Crippen LogP contribution in [0, 0.1) is 0 Å². The maximum atomic E-state index is 13.0. The van der Waals surface area contributed by atoms with Crippen molar-refractivity contribution >= 4 is 39.9 Å². The third-order valence-corrected chi connectivity index (χ3v) is 4.89. The number of esters is 1. The molecule has 1 N–H and O–H groups in total. The van der Waals surface area contributed by atoms with Crippen molar-refractivity contribution in [3.63, 3.8) is 0 Å². The molecule has 2 aromatic carbocycles. The zero-order chi connectivity index (χ0) is 23.3. The fourth-order valence-electron chi connectivity index (χ4n) is 3.14. The predicted octanol–water partition coefficient (Wildman–Crippen LogP) is 3.63. The van der Waals surface area contributed by atoms with Crippen LogP contribution >= 0.6 is 11.6 Å². The van der Waals surface area contributed by atoms with Gasteiger partial charge in [0.1, 0.15) is 18.0 Å². The van der Waals surface area contributed by atoms with Gasteiger partial charge in [0.15, 0.2) is 6.10 Å². The summed E-state index contributed by atoms with van der Waals surface area (Å²) >= 11 is 5.99. The van der Waals surface area contributed by atoms with Gasteiger partial charge < -0.3 is 24.1 Å². The summed E-state index contributed by atoms with van der Waals surface area (Å²) in [6.45, 7) is 3.32. The molecule has 1 atom stereocenters. The summed E-state index contributed by atoms with van der Waals surface area (Å²) in [5.41, 5.74) is 0.0347. The minimum atomic E-state index is -0.832. The number of rotatable bonds is 8. The lowest BCUT2D eigenvalue weighted by atomic mass is 10.1. The van der Waals surface area contributed by atoms with E-state index in [9.17, 15) is 14.4 Å². The van der Waals surface area contributed by atoms with Crippen LogP contribution in [-0.4, -0.2) is 36.3 Å². The molecular formula is C23H23ClN2O6. The number of nitrogens with one attached hydrogen (secondary N) is 1. The first-order valence-corrected chi connectivity index (χ1v) is 10.3. The molecule has 0 unspecified atom stereocenters. The number of amides is 1. The van der Waals surface area contributed by atoms with Crippen molar-refractivity contribution in [3.05, 3.63) is 64.0 Å². The molecule has 0 saturated carbocycles. The van der Waals surface area contributed by atoms with Gasteiger partial charge in [-0.3, -0.25) is 9.59 Å². The first-order chi connectivity index (χ1) is 15.3. The predicted molar refractivity (Wildman–Crippen MR) is 122 cm³/mol. The van der Waals surface area contributed by atoms with Crippen LogP contribution in [0.2, 0.25) is 5.02 Å². The lowest BCUT2D eigenvalue weighted by Crippen LogP contribution is -2.28. The van der Waals surface area contributed by atoms with E-state index in [2.05, 4.69) is 5.32 Å². The van der Waals surface area contributed by atoms with Crippen molar-refractivity contribution in [1.82, 2.24) is 4.57 Å². The smallest absolute Gasteiger partial charge is 0.347 e. The van der Waals surface area contributed by atoms with Crippen LogP contribution < -0.4 is 20.3 Å². The second kappa shape index (κ2) is 10.2. The molecule has 3 rings (SSSR count). The number of anilines is 1. The number of methoxy groups -OCH3 is 1. The van der Waals surface area contributed by atoms with E-state index in [1.54, 1.807) is 56.3 Å². The number of aromatic nitrogens is 1. The van der Waals surface area contributed by atoms with Crippen LogP contribution in [-0.2, 0) is 20.9 Å². The topological polar surface area (TPSA) is 95.9 Å². The number of ether oxygens (including phenoxy) is 3. The highest BCUT2D eigenvalue weighted by molar-refractivity contribution is 6.31. The van der Waals surface area contributed by atoms with Gasteiger partial charge in [-0.05, 0) is 50.2 Å². The second-order valence-electron chi connectivity index (χ2n) is 6.87. The number of halogens is 1. The third-order valence-electron chi connectivity index (χ3n) is 4.65. The number of nitrogens with zero attached hydrogens (tertiary/aromatic N) is 1. The van der Waals surface area contributed by atoms with Crippen LogP contribution in [0.15, 0.2) is 53.5 Å². The normalized spacial score (nSPS) is 11.6. The van der Waals surface area contributed by atoms with Gasteiger partial charge in [-0.1, -0.05) is 17.7 Å². The molecule has 1 aromatic heterocycles. The number of pyridine rings is 1. The summed E-state index contributed by atoms with van der Waals surface area (Å²) < 4.78 is 17.2. The fourth-order valence-corrected chi connectivity index (χ4v) is 3.31. The highest BCUT2D eigenvalue weighted by Gasteiger charge is 2.18. The highest BCUT2D eigenvalue weighted by Crippen LogP contribution is 2.28. The lowest BCUT2D eigenvalue weighted by molar-refractivity contribution is -0.150. The molecule has 0 bridgehead atoms. The number of carbonyl (C=O) groups is 2. The van der Waals surface area contributed by atoms with E-state index in [-0.39, 0.29) is 18.7 Å². The van der Waals surface area contributed by atoms with Crippen LogP contribution in [0.1, 0.15) is 13.8 Å². The Hall–Kier alpha value is -3.52. The van der Waals surface area contributed by atoms with Crippen molar-refractivity contribution in [2.24, 2.45) is 0 Å². The fraction of sp³-hybridized carbons (Fsp3) is 0.261. The molecule has 1 amide bonds. The monoisotopic (exact) mass is 458 g/mol. The van der Waals surface area contributed by atoms with Crippen molar-refractivity contribution < 1.29 is 23.8 Å². The number of fused-ring (bicyclic) bond motifs is 1. The third kappa shape index (κ3) is 5.20. The first-order valence-electron chi connectivity index (χ1n) is 9.93. The van der Waals surface area contributed by atoms with Crippen LogP contribution in [0.4, 0.5) is 5.69 Å². The SMILES string of the molecule is CCOC(=O)[C@H](C)Oc1cccc2c(=O)n(CC(=O)Nc3cc(Cl)ccc3OC)ccc12. The second-order valence-corrected chi connectivity index (χ2v) is 7.31. The summed E-state index contributed by atoms with van der Waals surface area (Å²) in [6, 6.07) is 11.5. The Labute approximate surface area is 189 Å². The van der Waals surface area contributed by atoms with Crippen LogP contribution in [0.3, 0.4) is 0 Å². The number of carbonyl (C=O) groups excluding carboxylic acids is 2. The molecule has 0 aliphatic heterocycles. The average Bonchev–Trinajstić information content (AvgIpc) is 2.76. The zero-order valence-electron chi connectivity index (χ0n) is 17.9. The molecule has 8 nitrogen and oxygen atoms in total. The summed E-state index contributed by atoms with van der Waals surface area (Å²) in [6.07, 6.45) is 0.669. The van der Waals surface area contributed by atoms with Gasteiger partial charge in [-0.15, -0.1) is 0 Å². The van der Waals surface area contributed by atoms with Gasteiger partial charge in [0.25, 0.3) is 5.56 Å². The van der Waals surface area contributed by atoms with Gasteiger partial charge in [-0.25, -0.2) is 4.79 Å². The molecule has 0 saturated heterocycles. The van der Waals surface area contributed by atoms with Gasteiger partial charge in [0.2, 0.25) is 5.91 Å². The minimum Gasteiger partial charge on any atom is -0.495 e. The van der Waals surface area contributed by atoms with Gasteiger partial charge in [-0.2, -0.15) is 0 Å². The summed E-state index contributed by atoms with van der Waals surface area (Å²) in [5.74, 6) is -0.0900. The Kier molecular flexibility index (Phi) is 7.37.